The molecule has 0 radical (unpaired) electrons. The van der Waals surface area contributed by atoms with Gasteiger partial charge in [-0.1, -0.05) is 11.6 Å². The SMILES string of the molecule is O=[N+]([O-])c1ccc(OCCCOc2ccc(S(=O)(=O)F)cc2)c(Cl)c1. The molecule has 2 aromatic carbocycles. The molecule has 0 bridgehead atoms. The van der Waals surface area contributed by atoms with Gasteiger partial charge in [-0.25, -0.2) is 0 Å². The van der Waals surface area contributed by atoms with Crippen molar-refractivity contribution in [2.45, 2.75) is 11.3 Å². The summed E-state index contributed by atoms with van der Waals surface area (Å²) in [4.78, 5) is 9.62. The van der Waals surface area contributed by atoms with Gasteiger partial charge < -0.3 is 9.47 Å². The fraction of sp³-hybridized carbons (Fsp3) is 0.200. The molecular formula is C15H13ClFNO6S. The Labute approximate surface area is 148 Å². The number of ether oxygens (including phenoxy) is 2. The number of hydrogen-bond donors (Lipinski definition) is 0. The van der Waals surface area contributed by atoms with Gasteiger partial charge in [0.1, 0.15) is 11.5 Å². The van der Waals surface area contributed by atoms with Gasteiger partial charge in [0.2, 0.25) is 0 Å². The van der Waals surface area contributed by atoms with Gasteiger partial charge in [0, 0.05) is 18.6 Å². The van der Waals surface area contributed by atoms with Crippen LogP contribution in [-0.4, -0.2) is 26.6 Å². The molecule has 10 heteroatoms. The van der Waals surface area contributed by atoms with Gasteiger partial charge in [-0.2, -0.15) is 8.42 Å². The largest absolute Gasteiger partial charge is 0.493 e. The minimum absolute atomic E-state index is 0.126. The van der Waals surface area contributed by atoms with Crippen molar-refractivity contribution < 1.29 is 26.7 Å². The lowest BCUT2D eigenvalue weighted by molar-refractivity contribution is -0.384. The fourth-order valence-corrected chi connectivity index (χ4v) is 2.54. The van der Waals surface area contributed by atoms with Crippen molar-refractivity contribution in [3.8, 4) is 11.5 Å². The Bertz CT molecular complexity index is 857. The van der Waals surface area contributed by atoms with Crippen molar-refractivity contribution in [1.29, 1.82) is 0 Å². The summed E-state index contributed by atoms with van der Waals surface area (Å²) in [7, 11) is -4.72. The maximum absolute atomic E-state index is 12.7. The summed E-state index contributed by atoms with van der Waals surface area (Å²) < 4.78 is 44.9. The van der Waals surface area contributed by atoms with Crippen molar-refractivity contribution in [2.24, 2.45) is 0 Å². The van der Waals surface area contributed by atoms with E-state index in [4.69, 9.17) is 21.1 Å². The zero-order chi connectivity index (χ0) is 18.4. The lowest BCUT2D eigenvalue weighted by Gasteiger charge is -2.09. The highest BCUT2D eigenvalue weighted by Crippen LogP contribution is 2.28. The molecule has 0 spiro atoms. The summed E-state index contributed by atoms with van der Waals surface area (Å²) in [6.07, 6.45) is 0.483. The molecule has 2 rings (SSSR count). The molecule has 0 N–H and O–H groups in total. The molecule has 0 amide bonds. The monoisotopic (exact) mass is 389 g/mol. The predicted octanol–water partition coefficient (Wildman–Crippen LogP) is 3.75. The lowest BCUT2D eigenvalue weighted by atomic mass is 10.3. The Hall–Kier alpha value is -2.39. The van der Waals surface area contributed by atoms with Crippen LogP contribution in [0.2, 0.25) is 5.02 Å². The molecule has 25 heavy (non-hydrogen) atoms. The number of halogens is 2. The number of benzene rings is 2. The van der Waals surface area contributed by atoms with Crippen LogP contribution >= 0.6 is 11.6 Å². The van der Waals surface area contributed by atoms with Crippen molar-refractivity contribution in [1.82, 2.24) is 0 Å². The summed E-state index contributed by atoms with van der Waals surface area (Å²) in [6.45, 7) is 0.529. The molecular weight excluding hydrogens is 377 g/mol. The molecule has 0 aliphatic heterocycles. The zero-order valence-corrected chi connectivity index (χ0v) is 14.3. The van der Waals surface area contributed by atoms with E-state index >= 15 is 0 Å². The third kappa shape index (κ3) is 5.57. The van der Waals surface area contributed by atoms with Crippen LogP contribution in [0.4, 0.5) is 9.57 Å². The van der Waals surface area contributed by atoms with Crippen LogP contribution in [0.3, 0.4) is 0 Å². The Morgan fingerprint density at radius 3 is 2.28 bits per heavy atom. The molecule has 134 valence electrons. The normalized spacial score (nSPS) is 11.1. The van der Waals surface area contributed by atoms with Gasteiger partial charge in [-0.15, -0.1) is 3.89 Å². The van der Waals surface area contributed by atoms with Crippen LogP contribution in [-0.2, 0) is 10.2 Å². The minimum atomic E-state index is -4.72. The van der Waals surface area contributed by atoms with E-state index in [1.807, 2.05) is 0 Å². The minimum Gasteiger partial charge on any atom is -0.493 e. The van der Waals surface area contributed by atoms with E-state index in [1.165, 1.54) is 30.3 Å². The second kappa shape index (κ2) is 8.13. The third-order valence-corrected chi connectivity index (χ3v) is 4.18. The van der Waals surface area contributed by atoms with Gasteiger partial charge in [0.15, 0.2) is 0 Å². The molecule has 0 saturated carbocycles. The van der Waals surface area contributed by atoms with Gasteiger partial charge >= 0.3 is 10.2 Å². The van der Waals surface area contributed by atoms with Crippen LogP contribution in [0.15, 0.2) is 47.4 Å². The summed E-state index contributed by atoms with van der Waals surface area (Å²) in [5.41, 5.74) is -0.126. The summed E-state index contributed by atoms with van der Waals surface area (Å²) in [6, 6.07) is 8.82. The van der Waals surface area contributed by atoms with E-state index in [9.17, 15) is 22.4 Å². The first kappa shape index (κ1) is 18.9. The summed E-state index contributed by atoms with van der Waals surface area (Å²) in [5, 5.41) is 10.7. The third-order valence-electron chi connectivity index (χ3n) is 3.05. The Morgan fingerprint density at radius 2 is 1.72 bits per heavy atom. The quantitative estimate of drug-likeness (QED) is 0.295. The van der Waals surface area contributed by atoms with E-state index in [1.54, 1.807) is 0 Å². The molecule has 0 saturated heterocycles. The highest BCUT2D eigenvalue weighted by molar-refractivity contribution is 7.86. The van der Waals surface area contributed by atoms with E-state index in [-0.39, 0.29) is 23.9 Å². The van der Waals surface area contributed by atoms with E-state index in [0.29, 0.717) is 17.9 Å². The molecule has 0 aliphatic carbocycles. The van der Waals surface area contributed by atoms with Gasteiger partial charge in [0.05, 0.1) is 28.1 Å². The first-order valence-electron chi connectivity index (χ1n) is 7.01. The van der Waals surface area contributed by atoms with E-state index < -0.39 is 20.0 Å². The van der Waals surface area contributed by atoms with Crippen molar-refractivity contribution in [3.05, 3.63) is 57.6 Å². The highest BCUT2D eigenvalue weighted by Gasteiger charge is 2.11. The van der Waals surface area contributed by atoms with Crippen molar-refractivity contribution in [3.63, 3.8) is 0 Å². The fourth-order valence-electron chi connectivity index (χ4n) is 1.85. The van der Waals surface area contributed by atoms with E-state index in [2.05, 4.69) is 0 Å². The summed E-state index contributed by atoms with van der Waals surface area (Å²) >= 11 is 5.89. The van der Waals surface area contributed by atoms with Crippen LogP contribution in [0.1, 0.15) is 6.42 Å². The standard InChI is InChI=1S/C15H13ClFNO6S/c16-14-10-11(18(19)20)2-7-15(14)24-9-1-8-23-12-3-5-13(6-4-12)25(17,21)22/h2-7,10H,1,8-9H2. The van der Waals surface area contributed by atoms with E-state index in [0.717, 1.165) is 12.1 Å². The van der Waals surface area contributed by atoms with Gasteiger partial charge in [-0.05, 0) is 30.3 Å². The Balaban J connectivity index is 1.77. The second-order valence-electron chi connectivity index (χ2n) is 4.83. The predicted molar refractivity (Wildman–Crippen MR) is 88.4 cm³/mol. The number of nitro benzene ring substituents is 1. The molecule has 0 aromatic heterocycles. The topological polar surface area (TPSA) is 95.7 Å². The average Bonchev–Trinajstić information content (AvgIpc) is 2.55. The molecule has 2 aromatic rings. The maximum Gasteiger partial charge on any atom is 0.332 e. The van der Waals surface area contributed by atoms with Crippen LogP contribution < -0.4 is 9.47 Å². The number of nitrogens with zero attached hydrogens (tertiary/aromatic N) is 1. The van der Waals surface area contributed by atoms with Gasteiger partial charge in [0.25, 0.3) is 5.69 Å². The second-order valence-corrected chi connectivity index (χ2v) is 6.59. The molecule has 0 heterocycles. The Kier molecular flexibility index (Phi) is 6.16. The average molecular weight is 390 g/mol. The molecule has 0 unspecified atom stereocenters. The van der Waals surface area contributed by atoms with Crippen molar-refractivity contribution >= 4 is 27.5 Å². The molecule has 0 fully saturated rings. The molecule has 0 aliphatic rings. The first-order chi connectivity index (χ1) is 11.8. The first-order valence-corrected chi connectivity index (χ1v) is 8.78. The van der Waals surface area contributed by atoms with Crippen LogP contribution in [0, 0.1) is 10.1 Å². The smallest absolute Gasteiger partial charge is 0.332 e. The van der Waals surface area contributed by atoms with Crippen LogP contribution in [0.25, 0.3) is 0 Å². The Morgan fingerprint density at radius 1 is 1.08 bits per heavy atom. The maximum atomic E-state index is 12.7. The number of rotatable bonds is 8. The number of hydrogen-bond acceptors (Lipinski definition) is 6. The van der Waals surface area contributed by atoms with Gasteiger partial charge in [-0.3, -0.25) is 10.1 Å². The zero-order valence-electron chi connectivity index (χ0n) is 12.7. The lowest BCUT2D eigenvalue weighted by Crippen LogP contribution is -2.05. The van der Waals surface area contributed by atoms with Crippen LogP contribution in [0.5, 0.6) is 11.5 Å². The number of nitro groups is 1. The molecule has 0 atom stereocenters. The number of non-ortho nitro benzene ring substituents is 1. The van der Waals surface area contributed by atoms with Crippen molar-refractivity contribution in [2.75, 3.05) is 13.2 Å². The molecule has 7 nitrogen and oxygen atoms in total. The summed E-state index contributed by atoms with van der Waals surface area (Å²) in [5.74, 6) is 0.713. The highest BCUT2D eigenvalue weighted by atomic mass is 35.5.